The summed E-state index contributed by atoms with van der Waals surface area (Å²) in [6.45, 7) is -0.200. The fourth-order valence-electron chi connectivity index (χ4n) is 1.62. The average Bonchev–Trinajstić information content (AvgIpc) is 2.31. The lowest BCUT2D eigenvalue weighted by Crippen LogP contribution is -2.20. The summed E-state index contributed by atoms with van der Waals surface area (Å²) in [4.78, 5) is 22.5. The molecular weight excluding hydrogens is 220 g/mol. The van der Waals surface area contributed by atoms with Gasteiger partial charge in [-0.1, -0.05) is 6.07 Å². The van der Waals surface area contributed by atoms with Crippen LogP contribution in [0.1, 0.15) is 0 Å². The Morgan fingerprint density at radius 1 is 1.35 bits per heavy atom. The largest absolute Gasteiger partial charge is 0.483 e. The molecule has 1 aromatic heterocycles. The predicted molar refractivity (Wildman–Crippen MR) is 63.9 cm³/mol. The summed E-state index contributed by atoms with van der Waals surface area (Å²) in [5.74, 6) is -0.0650. The maximum absolute atomic E-state index is 11.8. The molecule has 0 fully saturated rings. The maximum atomic E-state index is 11.8. The lowest BCUT2D eigenvalue weighted by atomic mass is 10.1. The van der Waals surface area contributed by atoms with Crippen LogP contribution in [0.4, 0.5) is 0 Å². The molecule has 0 radical (unpaired) electrons. The van der Waals surface area contributed by atoms with E-state index in [4.69, 9.17) is 10.5 Å². The quantitative estimate of drug-likeness (QED) is 0.832. The molecule has 2 aromatic rings. The first kappa shape index (κ1) is 11.2. The molecule has 0 aliphatic rings. The molecule has 0 saturated heterocycles. The standard InChI is InChI=1S/C12H12N2O3/c1-14-6-5-8-9(12(14)16)3-2-4-10(8)17-7-11(13)15/h2-6H,7H2,1H3,(H2,13,15). The van der Waals surface area contributed by atoms with Gasteiger partial charge in [-0.25, -0.2) is 0 Å². The first-order valence-corrected chi connectivity index (χ1v) is 5.09. The van der Waals surface area contributed by atoms with E-state index in [1.54, 1.807) is 37.5 Å². The van der Waals surface area contributed by atoms with Gasteiger partial charge in [0, 0.05) is 18.6 Å². The number of fused-ring (bicyclic) bond motifs is 1. The van der Waals surface area contributed by atoms with E-state index < -0.39 is 5.91 Å². The Kier molecular flexibility index (Phi) is 2.82. The Morgan fingerprint density at radius 3 is 2.82 bits per heavy atom. The monoisotopic (exact) mass is 232 g/mol. The van der Waals surface area contributed by atoms with Crippen LogP contribution >= 0.6 is 0 Å². The van der Waals surface area contributed by atoms with Crippen molar-refractivity contribution in [1.82, 2.24) is 4.57 Å². The van der Waals surface area contributed by atoms with Crippen molar-refractivity contribution >= 4 is 16.7 Å². The lowest BCUT2D eigenvalue weighted by Gasteiger charge is -2.08. The molecule has 2 N–H and O–H groups in total. The van der Waals surface area contributed by atoms with Crippen LogP contribution in [0.15, 0.2) is 35.3 Å². The molecule has 0 unspecified atom stereocenters. The maximum Gasteiger partial charge on any atom is 0.258 e. The van der Waals surface area contributed by atoms with Crippen molar-refractivity contribution in [3.8, 4) is 5.75 Å². The third-order valence-electron chi connectivity index (χ3n) is 2.45. The highest BCUT2D eigenvalue weighted by molar-refractivity contribution is 5.87. The molecule has 17 heavy (non-hydrogen) atoms. The molecule has 1 heterocycles. The normalized spacial score (nSPS) is 10.4. The molecule has 0 bridgehead atoms. The molecule has 0 atom stereocenters. The number of hydrogen-bond donors (Lipinski definition) is 1. The minimum absolute atomic E-state index is 0.105. The van der Waals surface area contributed by atoms with Crippen molar-refractivity contribution in [1.29, 1.82) is 0 Å². The van der Waals surface area contributed by atoms with E-state index in [9.17, 15) is 9.59 Å². The Bertz CT molecular complexity index is 631. The number of carbonyl (C=O) groups excluding carboxylic acids is 1. The summed E-state index contributed by atoms with van der Waals surface area (Å²) in [7, 11) is 1.68. The smallest absolute Gasteiger partial charge is 0.258 e. The number of primary amides is 1. The summed E-state index contributed by atoms with van der Waals surface area (Å²) < 4.78 is 6.74. The summed E-state index contributed by atoms with van der Waals surface area (Å²) in [5.41, 5.74) is 4.90. The van der Waals surface area contributed by atoms with Crippen LogP contribution in [0.5, 0.6) is 5.75 Å². The topological polar surface area (TPSA) is 74.3 Å². The molecule has 88 valence electrons. The van der Waals surface area contributed by atoms with Crippen LogP contribution in [-0.2, 0) is 11.8 Å². The minimum atomic E-state index is -0.550. The number of nitrogens with zero attached hydrogens (tertiary/aromatic N) is 1. The van der Waals surface area contributed by atoms with Crippen LogP contribution in [-0.4, -0.2) is 17.1 Å². The van der Waals surface area contributed by atoms with Crippen molar-refractivity contribution in [2.75, 3.05) is 6.61 Å². The van der Waals surface area contributed by atoms with E-state index in [0.717, 1.165) is 0 Å². The second kappa shape index (κ2) is 4.29. The van der Waals surface area contributed by atoms with Crippen LogP contribution in [0.25, 0.3) is 10.8 Å². The number of carbonyl (C=O) groups is 1. The molecule has 2 rings (SSSR count). The summed E-state index contributed by atoms with van der Waals surface area (Å²) in [6, 6.07) is 6.90. The average molecular weight is 232 g/mol. The van der Waals surface area contributed by atoms with Gasteiger partial charge in [0.2, 0.25) is 0 Å². The van der Waals surface area contributed by atoms with Gasteiger partial charge in [0.25, 0.3) is 11.5 Å². The van der Waals surface area contributed by atoms with Crippen molar-refractivity contribution in [3.05, 3.63) is 40.8 Å². The van der Waals surface area contributed by atoms with Crippen LogP contribution < -0.4 is 16.0 Å². The SMILES string of the molecule is Cn1ccc2c(OCC(N)=O)cccc2c1=O. The number of aromatic nitrogens is 1. The van der Waals surface area contributed by atoms with Gasteiger partial charge in [-0.3, -0.25) is 9.59 Å². The van der Waals surface area contributed by atoms with Crippen LogP contribution in [0.2, 0.25) is 0 Å². The Hall–Kier alpha value is -2.30. The number of aryl methyl sites for hydroxylation is 1. The number of benzene rings is 1. The van der Waals surface area contributed by atoms with Crippen molar-refractivity contribution in [3.63, 3.8) is 0 Å². The Balaban J connectivity index is 2.55. The number of nitrogens with two attached hydrogens (primary N) is 1. The van der Waals surface area contributed by atoms with Gasteiger partial charge in [-0.2, -0.15) is 0 Å². The molecule has 0 aliphatic carbocycles. The number of hydrogen-bond acceptors (Lipinski definition) is 3. The molecule has 0 spiro atoms. The van der Waals surface area contributed by atoms with E-state index >= 15 is 0 Å². The number of rotatable bonds is 3. The number of ether oxygens (including phenoxy) is 1. The van der Waals surface area contributed by atoms with Gasteiger partial charge in [0.05, 0.1) is 5.39 Å². The van der Waals surface area contributed by atoms with Gasteiger partial charge in [-0.05, 0) is 18.2 Å². The van der Waals surface area contributed by atoms with E-state index in [2.05, 4.69) is 0 Å². The molecule has 0 saturated carbocycles. The summed E-state index contributed by atoms with van der Waals surface area (Å²) in [5, 5.41) is 1.23. The van der Waals surface area contributed by atoms with Crippen molar-refractivity contribution in [2.24, 2.45) is 12.8 Å². The summed E-state index contributed by atoms with van der Waals surface area (Å²) >= 11 is 0. The first-order chi connectivity index (χ1) is 8.09. The van der Waals surface area contributed by atoms with Crippen molar-refractivity contribution in [2.45, 2.75) is 0 Å². The number of amides is 1. The molecule has 1 aromatic carbocycles. The van der Waals surface area contributed by atoms with Gasteiger partial charge in [0.15, 0.2) is 6.61 Å². The third kappa shape index (κ3) is 2.13. The first-order valence-electron chi connectivity index (χ1n) is 5.09. The Labute approximate surface area is 97.4 Å². The van der Waals surface area contributed by atoms with E-state index in [0.29, 0.717) is 16.5 Å². The molecule has 5 heteroatoms. The highest BCUT2D eigenvalue weighted by Gasteiger charge is 2.06. The molecule has 0 aliphatic heterocycles. The second-order valence-electron chi connectivity index (χ2n) is 3.70. The molecule has 1 amide bonds. The molecule has 5 nitrogen and oxygen atoms in total. The zero-order valence-electron chi connectivity index (χ0n) is 9.34. The predicted octanol–water partition coefficient (Wildman–Crippen LogP) is 0.403. The van der Waals surface area contributed by atoms with Crippen LogP contribution in [0.3, 0.4) is 0 Å². The van der Waals surface area contributed by atoms with E-state index in [-0.39, 0.29) is 12.2 Å². The lowest BCUT2D eigenvalue weighted by molar-refractivity contribution is -0.119. The third-order valence-corrected chi connectivity index (χ3v) is 2.45. The zero-order valence-corrected chi connectivity index (χ0v) is 9.34. The highest BCUT2D eigenvalue weighted by Crippen LogP contribution is 2.22. The van der Waals surface area contributed by atoms with E-state index in [1.165, 1.54) is 4.57 Å². The van der Waals surface area contributed by atoms with Crippen molar-refractivity contribution < 1.29 is 9.53 Å². The molecular formula is C12H12N2O3. The Morgan fingerprint density at radius 2 is 2.12 bits per heavy atom. The fourth-order valence-corrected chi connectivity index (χ4v) is 1.62. The summed E-state index contributed by atoms with van der Waals surface area (Å²) in [6.07, 6.45) is 1.65. The highest BCUT2D eigenvalue weighted by atomic mass is 16.5. The van der Waals surface area contributed by atoms with Crippen LogP contribution in [0, 0.1) is 0 Å². The second-order valence-corrected chi connectivity index (χ2v) is 3.70. The van der Waals surface area contributed by atoms with Gasteiger partial charge in [-0.15, -0.1) is 0 Å². The van der Waals surface area contributed by atoms with Gasteiger partial charge < -0.3 is 15.0 Å². The fraction of sp³-hybridized carbons (Fsp3) is 0.167. The van der Waals surface area contributed by atoms with Gasteiger partial charge in [0.1, 0.15) is 5.75 Å². The van der Waals surface area contributed by atoms with E-state index in [1.807, 2.05) is 0 Å². The number of pyridine rings is 1. The minimum Gasteiger partial charge on any atom is -0.483 e. The zero-order chi connectivity index (χ0) is 12.4. The van der Waals surface area contributed by atoms with Gasteiger partial charge >= 0.3 is 0 Å².